The lowest BCUT2D eigenvalue weighted by molar-refractivity contribution is -0.171. The van der Waals surface area contributed by atoms with Gasteiger partial charge in [0, 0.05) is 0 Å². The van der Waals surface area contributed by atoms with Crippen LogP contribution in [0.4, 0.5) is 13.2 Å². The Hall–Kier alpha value is -0.390. The standard InChI is InChI=1S/C2H2F3NOS/c3-2(4,5)1(7)6-8/h8H,(H,6,7). The Labute approximate surface area is 48.6 Å². The highest BCUT2D eigenvalue weighted by molar-refractivity contribution is 7.78. The third kappa shape index (κ3) is 2.06. The Morgan fingerprint density at radius 2 is 1.88 bits per heavy atom. The molecule has 2 nitrogen and oxygen atoms in total. The quantitative estimate of drug-likeness (QED) is 0.478. The van der Waals surface area contributed by atoms with Gasteiger partial charge >= 0.3 is 12.1 Å². The van der Waals surface area contributed by atoms with Gasteiger partial charge < -0.3 is 0 Å². The van der Waals surface area contributed by atoms with E-state index in [1.54, 1.807) is 0 Å². The Kier molecular flexibility index (Phi) is 2.14. The Morgan fingerprint density at radius 1 is 1.50 bits per heavy atom. The summed E-state index contributed by atoms with van der Waals surface area (Å²) in [7, 11) is 0. The van der Waals surface area contributed by atoms with Crippen molar-refractivity contribution in [1.29, 1.82) is 0 Å². The first-order chi connectivity index (χ1) is 3.48. The van der Waals surface area contributed by atoms with Gasteiger partial charge in [-0.05, 0) is 0 Å². The Balaban J connectivity index is 3.82. The van der Waals surface area contributed by atoms with Crippen LogP contribution in [-0.2, 0) is 4.79 Å². The fourth-order valence-corrected chi connectivity index (χ4v) is 0.190. The highest BCUT2D eigenvalue weighted by Gasteiger charge is 2.37. The molecule has 0 saturated heterocycles. The molecule has 0 aromatic heterocycles. The average Bonchev–Trinajstić information content (AvgIpc) is 1.62. The van der Waals surface area contributed by atoms with E-state index in [9.17, 15) is 18.0 Å². The van der Waals surface area contributed by atoms with Gasteiger partial charge in [-0.15, -0.1) is 0 Å². The molecule has 0 aliphatic carbocycles. The third-order valence-electron chi connectivity index (χ3n) is 0.359. The van der Waals surface area contributed by atoms with Crippen LogP contribution in [0.1, 0.15) is 0 Å². The number of hydrogen-bond acceptors (Lipinski definition) is 2. The third-order valence-corrected chi connectivity index (χ3v) is 0.562. The fourth-order valence-electron chi connectivity index (χ4n) is 0.0634. The molecule has 0 spiro atoms. The van der Waals surface area contributed by atoms with Crippen molar-refractivity contribution in [3.8, 4) is 0 Å². The summed E-state index contributed by atoms with van der Waals surface area (Å²) in [5.74, 6) is -2.05. The Bertz CT molecular complexity index is 99.9. The molecule has 0 aliphatic rings. The molecule has 8 heavy (non-hydrogen) atoms. The topological polar surface area (TPSA) is 29.1 Å². The van der Waals surface area contributed by atoms with Gasteiger partial charge in [0.25, 0.3) is 0 Å². The van der Waals surface area contributed by atoms with Crippen molar-refractivity contribution in [2.24, 2.45) is 0 Å². The predicted octanol–water partition coefficient (Wildman–Crippen LogP) is 0.510. The normalized spacial score (nSPS) is 11.0. The molecule has 0 radical (unpaired) electrons. The molecule has 0 fully saturated rings. The first-order valence-electron chi connectivity index (χ1n) is 1.49. The van der Waals surface area contributed by atoms with Crippen molar-refractivity contribution >= 4 is 18.7 Å². The van der Waals surface area contributed by atoms with E-state index in [-0.39, 0.29) is 0 Å². The van der Waals surface area contributed by atoms with Gasteiger partial charge in [0.05, 0.1) is 0 Å². The number of carbonyl (C=O) groups is 1. The minimum absolute atomic E-state index is 1.14. The number of alkyl halides is 3. The van der Waals surface area contributed by atoms with Crippen molar-refractivity contribution < 1.29 is 18.0 Å². The Morgan fingerprint density at radius 3 is 1.88 bits per heavy atom. The molecular formula is C2H2F3NOS. The summed E-state index contributed by atoms with van der Waals surface area (Å²) in [6, 6.07) is 0. The van der Waals surface area contributed by atoms with Crippen LogP contribution < -0.4 is 4.72 Å². The summed E-state index contributed by atoms with van der Waals surface area (Å²) in [5.41, 5.74) is 0. The number of halogens is 3. The summed E-state index contributed by atoms with van der Waals surface area (Å²) >= 11 is 2.89. The van der Waals surface area contributed by atoms with Gasteiger partial charge in [0.15, 0.2) is 0 Å². The number of carbonyl (C=O) groups excluding carboxylic acids is 1. The molecule has 48 valence electrons. The molecular weight excluding hydrogens is 143 g/mol. The zero-order valence-corrected chi connectivity index (χ0v) is 4.38. The van der Waals surface area contributed by atoms with Gasteiger partial charge in [-0.3, -0.25) is 9.52 Å². The van der Waals surface area contributed by atoms with E-state index in [1.807, 2.05) is 0 Å². The highest BCUT2D eigenvalue weighted by Crippen LogP contribution is 2.13. The first kappa shape index (κ1) is 7.61. The van der Waals surface area contributed by atoms with Crippen molar-refractivity contribution in [2.45, 2.75) is 6.18 Å². The first-order valence-corrected chi connectivity index (χ1v) is 1.94. The van der Waals surface area contributed by atoms with E-state index >= 15 is 0 Å². The molecule has 0 atom stereocenters. The zero-order chi connectivity index (χ0) is 6.78. The van der Waals surface area contributed by atoms with E-state index in [0.717, 1.165) is 4.72 Å². The smallest absolute Gasteiger partial charge is 0.295 e. The van der Waals surface area contributed by atoms with E-state index in [1.165, 1.54) is 0 Å². The maximum atomic E-state index is 11.0. The summed E-state index contributed by atoms with van der Waals surface area (Å²) in [6.45, 7) is 0. The molecule has 0 bridgehead atoms. The molecule has 0 saturated carbocycles. The van der Waals surface area contributed by atoms with E-state index in [0.29, 0.717) is 0 Å². The zero-order valence-electron chi connectivity index (χ0n) is 3.49. The van der Waals surface area contributed by atoms with Crippen LogP contribution in [0.25, 0.3) is 0 Å². The number of rotatable bonds is 0. The molecule has 0 aliphatic heterocycles. The lowest BCUT2D eigenvalue weighted by atomic mass is 10.6. The summed E-state index contributed by atoms with van der Waals surface area (Å²) in [5, 5.41) is 0. The molecule has 0 unspecified atom stereocenters. The van der Waals surface area contributed by atoms with Crippen LogP contribution in [0.15, 0.2) is 0 Å². The van der Waals surface area contributed by atoms with Gasteiger partial charge in [-0.2, -0.15) is 13.2 Å². The lowest BCUT2D eigenvalue weighted by Gasteiger charge is -2.00. The highest BCUT2D eigenvalue weighted by atomic mass is 32.1. The number of hydrogen-bond donors (Lipinski definition) is 2. The molecule has 1 amide bonds. The molecule has 0 aromatic rings. The molecule has 6 heteroatoms. The SMILES string of the molecule is O=C(NS)C(F)(F)F. The number of nitrogens with one attached hydrogen (secondary N) is 1. The second-order valence-electron chi connectivity index (χ2n) is 0.939. The van der Waals surface area contributed by atoms with Crippen LogP contribution in [0.2, 0.25) is 0 Å². The van der Waals surface area contributed by atoms with Crippen molar-refractivity contribution in [3.63, 3.8) is 0 Å². The van der Waals surface area contributed by atoms with Crippen LogP contribution in [0.3, 0.4) is 0 Å². The van der Waals surface area contributed by atoms with Gasteiger partial charge in [-0.1, -0.05) is 12.8 Å². The lowest BCUT2D eigenvalue weighted by Crippen LogP contribution is -2.30. The summed E-state index contributed by atoms with van der Waals surface area (Å²) in [6.07, 6.45) is -4.82. The van der Waals surface area contributed by atoms with Crippen molar-refractivity contribution in [2.75, 3.05) is 0 Å². The number of thiol groups is 1. The van der Waals surface area contributed by atoms with Gasteiger partial charge in [0.2, 0.25) is 0 Å². The second-order valence-corrected chi connectivity index (χ2v) is 1.16. The number of amides is 1. The minimum Gasteiger partial charge on any atom is -0.295 e. The van der Waals surface area contributed by atoms with Crippen LogP contribution >= 0.6 is 12.8 Å². The molecule has 0 heterocycles. The van der Waals surface area contributed by atoms with Gasteiger partial charge in [0.1, 0.15) is 0 Å². The molecule has 0 aromatic carbocycles. The van der Waals surface area contributed by atoms with Crippen LogP contribution in [-0.4, -0.2) is 12.1 Å². The summed E-state index contributed by atoms with van der Waals surface area (Å²) < 4.78 is 34.1. The van der Waals surface area contributed by atoms with Crippen LogP contribution in [0, 0.1) is 0 Å². The average molecular weight is 145 g/mol. The van der Waals surface area contributed by atoms with E-state index in [2.05, 4.69) is 12.8 Å². The van der Waals surface area contributed by atoms with Crippen molar-refractivity contribution in [1.82, 2.24) is 4.72 Å². The van der Waals surface area contributed by atoms with E-state index in [4.69, 9.17) is 0 Å². The van der Waals surface area contributed by atoms with E-state index < -0.39 is 12.1 Å². The predicted molar refractivity (Wildman–Crippen MR) is 23.2 cm³/mol. The van der Waals surface area contributed by atoms with Crippen molar-refractivity contribution in [3.05, 3.63) is 0 Å². The fraction of sp³-hybridized carbons (Fsp3) is 0.500. The molecule has 0 rings (SSSR count). The summed E-state index contributed by atoms with van der Waals surface area (Å²) in [4.78, 5) is 9.52. The second kappa shape index (κ2) is 2.25. The van der Waals surface area contributed by atoms with Gasteiger partial charge in [-0.25, -0.2) is 0 Å². The monoisotopic (exact) mass is 145 g/mol. The largest absolute Gasteiger partial charge is 0.472 e. The maximum Gasteiger partial charge on any atom is 0.472 e. The van der Waals surface area contributed by atoms with Crippen LogP contribution in [0.5, 0.6) is 0 Å². The molecule has 1 N–H and O–H groups in total. The minimum atomic E-state index is -4.82. The maximum absolute atomic E-state index is 11.0.